The smallest absolute Gasteiger partial charge is 0.251 e. The molecule has 1 atom stereocenters. The zero-order valence-electron chi connectivity index (χ0n) is 11.0. The molecule has 2 rings (SSSR count). The van der Waals surface area contributed by atoms with Gasteiger partial charge in [0, 0.05) is 5.56 Å². The third-order valence-corrected chi connectivity index (χ3v) is 2.67. The Morgan fingerprint density at radius 3 is 2.70 bits per heavy atom. The highest BCUT2D eigenvalue weighted by molar-refractivity contribution is 5.97. The average Bonchev–Trinajstić information content (AvgIpc) is 2.98. The Morgan fingerprint density at radius 1 is 1.30 bits per heavy atom. The number of aromatic amines is 1. The fourth-order valence-electron chi connectivity index (χ4n) is 1.57. The number of nitrogens with zero attached hydrogens (tertiary/aromatic N) is 2. The molecule has 1 aromatic carbocycles. The summed E-state index contributed by atoms with van der Waals surface area (Å²) in [6, 6.07) is 8.10. The first-order chi connectivity index (χ1) is 9.66. The predicted molar refractivity (Wildman–Crippen MR) is 71.6 cm³/mol. The Balaban J connectivity index is 1.83. The lowest BCUT2D eigenvalue weighted by Crippen LogP contribution is -2.44. The molecule has 1 aromatic heterocycles. The number of hydrogen-bond donors (Lipinski definition) is 3. The second-order valence-electron chi connectivity index (χ2n) is 4.21. The molecule has 0 radical (unpaired) electrons. The summed E-state index contributed by atoms with van der Waals surface area (Å²) < 4.78 is 0. The van der Waals surface area contributed by atoms with Crippen molar-refractivity contribution in [1.82, 2.24) is 25.8 Å². The van der Waals surface area contributed by atoms with Crippen molar-refractivity contribution in [3.8, 4) is 0 Å². The van der Waals surface area contributed by atoms with E-state index in [4.69, 9.17) is 0 Å². The molecular formula is C13H15N5O2. The van der Waals surface area contributed by atoms with E-state index in [0.29, 0.717) is 11.4 Å². The van der Waals surface area contributed by atoms with E-state index < -0.39 is 6.04 Å². The van der Waals surface area contributed by atoms with Crippen LogP contribution in [0.15, 0.2) is 36.7 Å². The molecule has 0 fully saturated rings. The molecule has 3 N–H and O–H groups in total. The van der Waals surface area contributed by atoms with Gasteiger partial charge in [-0.1, -0.05) is 18.2 Å². The summed E-state index contributed by atoms with van der Waals surface area (Å²) in [6.45, 7) is 1.86. The number of aromatic nitrogens is 3. The molecule has 7 nitrogen and oxygen atoms in total. The van der Waals surface area contributed by atoms with Gasteiger partial charge in [0.05, 0.1) is 6.54 Å². The molecule has 2 amide bonds. The van der Waals surface area contributed by atoms with Crippen LogP contribution in [0.1, 0.15) is 23.1 Å². The zero-order valence-corrected chi connectivity index (χ0v) is 11.0. The molecule has 0 spiro atoms. The van der Waals surface area contributed by atoms with Crippen LogP contribution in [-0.2, 0) is 11.3 Å². The lowest BCUT2D eigenvalue weighted by molar-refractivity contribution is -0.122. The van der Waals surface area contributed by atoms with Crippen LogP contribution in [-0.4, -0.2) is 33.0 Å². The fraction of sp³-hybridized carbons (Fsp3) is 0.231. The van der Waals surface area contributed by atoms with Crippen LogP contribution in [0.4, 0.5) is 0 Å². The number of rotatable bonds is 5. The van der Waals surface area contributed by atoms with E-state index >= 15 is 0 Å². The quantitative estimate of drug-likeness (QED) is 0.726. The summed E-state index contributed by atoms with van der Waals surface area (Å²) in [6.07, 6.45) is 1.36. The highest BCUT2D eigenvalue weighted by Gasteiger charge is 2.16. The highest BCUT2D eigenvalue weighted by Crippen LogP contribution is 1.99. The molecule has 1 heterocycles. The Kier molecular flexibility index (Phi) is 4.43. The maximum atomic E-state index is 11.9. The Morgan fingerprint density at radius 2 is 2.05 bits per heavy atom. The molecule has 0 bridgehead atoms. The lowest BCUT2D eigenvalue weighted by atomic mass is 10.2. The molecule has 2 aromatic rings. The molecule has 0 aliphatic rings. The van der Waals surface area contributed by atoms with E-state index in [1.54, 1.807) is 31.2 Å². The van der Waals surface area contributed by atoms with Gasteiger partial charge in [-0.2, -0.15) is 5.10 Å². The molecule has 104 valence electrons. The van der Waals surface area contributed by atoms with Crippen molar-refractivity contribution < 1.29 is 9.59 Å². The van der Waals surface area contributed by atoms with Crippen LogP contribution >= 0.6 is 0 Å². The van der Waals surface area contributed by atoms with Crippen molar-refractivity contribution in [2.45, 2.75) is 19.5 Å². The maximum Gasteiger partial charge on any atom is 0.251 e. The van der Waals surface area contributed by atoms with Crippen LogP contribution in [0, 0.1) is 0 Å². The topological polar surface area (TPSA) is 99.8 Å². The van der Waals surface area contributed by atoms with Crippen molar-refractivity contribution in [3.05, 3.63) is 48.0 Å². The third kappa shape index (κ3) is 3.64. The van der Waals surface area contributed by atoms with Gasteiger partial charge in [0.1, 0.15) is 18.2 Å². The molecule has 20 heavy (non-hydrogen) atoms. The van der Waals surface area contributed by atoms with E-state index in [1.165, 1.54) is 6.33 Å². The van der Waals surface area contributed by atoms with Crippen LogP contribution in [0.3, 0.4) is 0 Å². The SMILES string of the molecule is CC(NC(=O)c1ccccc1)C(=O)NCc1ncn[nH]1. The van der Waals surface area contributed by atoms with E-state index in [1.807, 2.05) is 6.07 Å². The Bertz CT molecular complexity index is 568. The molecule has 7 heteroatoms. The summed E-state index contributed by atoms with van der Waals surface area (Å²) in [4.78, 5) is 27.6. The lowest BCUT2D eigenvalue weighted by Gasteiger charge is -2.13. The molecule has 0 saturated carbocycles. The normalized spacial score (nSPS) is 11.7. The number of carbonyl (C=O) groups is 2. The third-order valence-electron chi connectivity index (χ3n) is 2.67. The highest BCUT2D eigenvalue weighted by atomic mass is 16.2. The van der Waals surface area contributed by atoms with Gasteiger partial charge in [0.2, 0.25) is 5.91 Å². The predicted octanol–water partition coefficient (Wildman–Crippen LogP) is 0.239. The van der Waals surface area contributed by atoms with Gasteiger partial charge in [-0.25, -0.2) is 4.98 Å². The van der Waals surface area contributed by atoms with Gasteiger partial charge in [0.25, 0.3) is 5.91 Å². The number of carbonyl (C=O) groups excluding carboxylic acids is 2. The summed E-state index contributed by atoms with van der Waals surface area (Å²) in [7, 11) is 0. The van der Waals surface area contributed by atoms with E-state index in [9.17, 15) is 9.59 Å². The van der Waals surface area contributed by atoms with Gasteiger partial charge in [0.15, 0.2) is 0 Å². The number of benzene rings is 1. The maximum absolute atomic E-state index is 11.9. The summed E-state index contributed by atoms with van der Waals surface area (Å²) in [5.74, 6) is -0.0152. The second kappa shape index (κ2) is 6.46. The van der Waals surface area contributed by atoms with Crippen molar-refractivity contribution in [2.75, 3.05) is 0 Å². The zero-order chi connectivity index (χ0) is 14.4. The minimum Gasteiger partial charge on any atom is -0.347 e. The number of hydrogen-bond acceptors (Lipinski definition) is 4. The van der Waals surface area contributed by atoms with Crippen LogP contribution in [0.2, 0.25) is 0 Å². The first-order valence-electron chi connectivity index (χ1n) is 6.14. The molecule has 1 unspecified atom stereocenters. The van der Waals surface area contributed by atoms with Crippen molar-refractivity contribution >= 4 is 11.8 Å². The first kappa shape index (κ1) is 13.7. The Hall–Kier alpha value is -2.70. The van der Waals surface area contributed by atoms with Gasteiger partial charge >= 0.3 is 0 Å². The summed E-state index contributed by atoms with van der Waals surface area (Å²) >= 11 is 0. The largest absolute Gasteiger partial charge is 0.347 e. The number of nitrogens with one attached hydrogen (secondary N) is 3. The Labute approximate surface area is 115 Å². The number of H-pyrrole nitrogens is 1. The van der Waals surface area contributed by atoms with E-state index in [-0.39, 0.29) is 18.4 Å². The number of amides is 2. The fourth-order valence-corrected chi connectivity index (χ4v) is 1.57. The molecule has 0 aliphatic carbocycles. The summed E-state index contributed by atoms with van der Waals surface area (Å²) in [5.41, 5.74) is 0.516. The van der Waals surface area contributed by atoms with Gasteiger partial charge in [-0.3, -0.25) is 14.7 Å². The monoisotopic (exact) mass is 273 g/mol. The van der Waals surface area contributed by atoms with Crippen molar-refractivity contribution in [2.24, 2.45) is 0 Å². The second-order valence-corrected chi connectivity index (χ2v) is 4.21. The first-order valence-corrected chi connectivity index (χ1v) is 6.14. The van der Waals surface area contributed by atoms with E-state index in [0.717, 1.165) is 0 Å². The molecular weight excluding hydrogens is 258 g/mol. The van der Waals surface area contributed by atoms with Crippen LogP contribution in [0.5, 0.6) is 0 Å². The van der Waals surface area contributed by atoms with Crippen molar-refractivity contribution in [1.29, 1.82) is 0 Å². The molecule has 0 saturated heterocycles. The minimum absolute atomic E-state index is 0.240. The van der Waals surface area contributed by atoms with E-state index in [2.05, 4.69) is 25.8 Å². The average molecular weight is 273 g/mol. The van der Waals surface area contributed by atoms with Crippen LogP contribution in [0.25, 0.3) is 0 Å². The van der Waals surface area contributed by atoms with Gasteiger partial charge in [-0.05, 0) is 19.1 Å². The van der Waals surface area contributed by atoms with Crippen LogP contribution < -0.4 is 10.6 Å². The molecule has 0 aliphatic heterocycles. The van der Waals surface area contributed by atoms with Crippen molar-refractivity contribution in [3.63, 3.8) is 0 Å². The minimum atomic E-state index is -0.634. The standard InChI is InChI=1S/C13H15N5O2/c1-9(12(19)14-7-11-15-8-16-18-11)17-13(20)10-5-3-2-4-6-10/h2-6,8-9H,7H2,1H3,(H,14,19)(H,17,20)(H,15,16,18). The van der Waals surface area contributed by atoms with Gasteiger partial charge < -0.3 is 10.6 Å². The van der Waals surface area contributed by atoms with Gasteiger partial charge in [-0.15, -0.1) is 0 Å². The summed E-state index contributed by atoms with van der Waals surface area (Å²) in [5, 5.41) is 11.6.